The number of anilines is 2. The molecular weight excluding hydrogens is 360 g/mol. The maximum absolute atomic E-state index is 12.4. The van der Waals surface area contributed by atoms with Gasteiger partial charge in [-0.2, -0.15) is 0 Å². The summed E-state index contributed by atoms with van der Waals surface area (Å²) in [7, 11) is 0. The number of benzene rings is 2. The summed E-state index contributed by atoms with van der Waals surface area (Å²) in [5.74, 6) is 0. The fourth-order valence-corrected chi connectivity index (χ4v) is 3.07. The van der Waals surface area contributed by atoms with Crippen LogP contribution in [0.1, 0.15) is 5.69 Å². The summed E-state index contributed by atoms with van der Waals surface area (Å²) >= 11 is 0. The van der Waals surface area contributed by atoms with E-state index in [1.807, 2.05) is 79.7 Å². The Kier molecular flexibility index (Phi) is 5.29. The lowest BCUT2D eigenvalue weighted by Crippen LogP contribution is -2.19. The van der Waals surface area contributed by atoms with Gasteiger partial charge in [0.15, 0.2) is 0 Å². The van der Waals surface area contributed by atoms with E-state index in [9.17, 15) is 4.79 Å². The highest BCUT2D eigenvalue weighted by atomic mass is 16.2. The maximum atomic E-state index is 12.4. The largest absolute Gasteiger partial charge is 0.323 e. The monoisotopic (exact) mass is 380 g/mol. The first kappa shape index (κ1) is 18.4. The standard InChI is InChI=1S/C24H20N4O/c1-17-14-20(11-13-26-17)18-7-9-22(10-8-18)27-24(29)28-23-6-2-4-19(15-23)21-5-3-12-25-16-21/h2-16H,1H3,(H2,27,28,29). The summed E-state index contributed by atoms with van der Waals surface area (Å²) in [6, 6.07) is 23.0. The molecule has 2 aromatic carbocycles. The molecule has 2 N–H and O–H groups in total. The van der Waals surface area contributed by atoms with E-state index in [1.165, 1.54) is 0 Å². The highest BCUT2D eigenvalue weighted by Gasteiger charge is 2.05. The molecule has 0 spiro atoms. The smallest absolute Gasteiger partial charge is 0.308 e. The van der Waals surface area contributed by atoms with Crippen LogP contribution in [0.5, 0.6) is 0 Å². The average Bonchev–Trinajstić information content (AvgIpc) is 2.75. The van der Waals surface area contributed by atoms with Gasteiger partial charge in [0.05, 0.1) is 0 Å². The van der Waals surface area contributed by atoms with Gasteiger partial charge >= 0.3 is 6.03 Å². The Bertz CT molecular complexity index is 1120. The Hall–Kier alpha value is -3.99. The van der Waals surface area contributed by atoms with Crippen LogP contribution in [0.4, 0.5) is 16.2 Å². The molecule has 0 saturated carbocycles. The highest BCUT2D eigenvalue weighted by molar-refractivity contribution is 6.00. The van der Waals surface area contributed by atoms with E-state index in [0.717, 1.165) is 33.6 Å². The molecule has 2 heterocycles. The van der Waals surface area contributed by atoms with E-state index in [2.05, 4.69) is 20.6 Å². The van der Waals surface area contributed by atoms with Crippen molar-refractivity contribution in [3.63, 3.8) is 0 Å². The molecule has 0 aliphatic rings. The summed E-state index contributed by atoms with van der Waals surface area (Å²) in [5, 5.41) is 5.74. The minimum atomic E-state index is -0.291. The van der Waals surface area contributed by atoms with Crippen LogP contribution >= 0.6 is 0 Å². The first-order valence-corrected chi connectivity index (χ1v) is 9.29. The quantitative estimate of drug-likeness (QED) is 0.473. The van der Waals surface area contributed by atoms with Crippen LogP contribution in [0.3, 0.4) is 0 Å². The maximum Gasteiger partial charge on any atom is 0.323 e. The SMILES string of the molecule is Cc1cc(-c2ccc(NC(=O)Nc3cccc(-c4cccnc4)c3)cc2)ccn1. The van der Waals surface area contributed by atoms with Crippen molar-refractivity contribution in [2.24, 2.45) is 0 Å². The van der Waals surface area contributed by atoms with Gasteiger partial charge < -0.3 is 10.6 Å². The minimum absolute atomic E-state index is 0.291. The Morgan fingerprint density at radius 3 is 2.24 bits per heavy atom. The molecule has 2 amide bonds. The number of nitrogens with one attached hydrogen (secondary N) is 2. The molecule has 0 saturated heterocycles. The second-order valence-electron chi connectivity index (χ2n) is 6.66. The number of carbonyl (C=O) groups excluding carboxylic acids is 1. The van der Waals surface area contributed by atoms with Crippen LogP contribution in [0.25, 0.3) is 22.3 Å². The van der Waals surface area contributed by atoms with E-state index in [-0.39, 0.29) is 6.03 Å². The Morgan fingerprint density at radius 2 is 1.48 bits per heavy atom. The first-order valence-electron chi connectivity index (χ1n) is 9.29. The van der Waals surface area contributed by atoms with Gasteiger partial charge in [0.2, 0.25) is 0 Å². The second kappa shape index (κ2) is 8.35. The van der Waals surface area contributed by atoms with Crippen LogP contribution in [-0.4, -0.2) is 16.0 Å². The van der Waals surface area contributed by atoms with Crippen molar-refractivity contribution in [3.05, 3.63) is 97.1 Å². The number of rotatable bonds is 4. The van der Waals surface area contributed by atoms with Crippen molar-refractivity contribution < 1.29 is 4.79 Å². The lowest BCUT2D eigenvalue weighted by Gasteiger charge is -2.10. The normalized spacial score (nSPS) is 10.4. The third-order valence-electron chi connectivity index (χ3n) is 4.49. The molecule has 0 unspecified atom stereocenters. The zero-order valence-corrected chi connectivity index (χ0v) is 16.0. The number of amides is 2. The number of hydrogen-bond acceptors (Lipinski definition) is 3. The molecule has 5 nitrogen and oxygen atoms in total. The van der Waals surface area contributed by atoms with Gasteiger partial charge in [-0.25, -0.2) is 4.79 Å². The van der Waals surface area contributed by atoms with E-state index in [4.69, 9.17) is 0 Å². The van der Waals surface area contributed by atoms with Gasteiger partial charge in [-0.05, 0) is 66.1 Å². The molecule has 142 valence electrons. The van der Waals surface area contributed by atoms with E-state index in [0.29, 0.717) is 5.69 Å². The Balaban J connectivity index is 1.42. The van der Waals surface area contributed by atoms with Crippen molar-refractivity contribution in [2.45, 2.75) is 6.92 Å². The topological polar surface area (TPSA) is 66.9 Å². The molecule has 5 heteroatoms. The van der Waals surface area contributed by atoms with Crippen LogP contribution < -0.4 is 10.6 Å². The fraction of sp³-hybridized carbons (Fsp3) is 0.0417. The predicted molar refractivity (Wildman–Crippen MR) is 117 cm³/mol. The third kappa shape index (κ3) is 4.65. The summed E-state index contributed by atoms with van der Waals surface area (Å²) in [6.45, 7) is 1.97. The zero-order chi connectivity index (χ0) is 20.1. The van der Waals surface area contributed by atoms with Gasteiger partial charge in [0, 0.05) is 41.2 Å². The molecule has 29 heavy (non-hydrogen) atoms. The lowest BCUT2D eigenvalue weighted by molar-refractivity contribution is 0.262. The second-order valence-corrected chi connectivity index (χ2v) is 6.66. The van der Waals surface area contributed by atoms with Gasteiger partial charge in [0.1, 0.15) is 0 Å². The molecule has 4 rings (SSSR count). The first-order chi connectivity index (χ1) is 14.2. The van der Waals surface area contributed by atoms with Gasteiger partial charge in [-0.15, -0.1) is 0 Å². The van der Waals surface area contributed by atoms with Gasteiger partial charge in [-0.1, -0.05) is 30.3 Å². The minimum Gasteiger partial charge on any atom is -0.308 e. The lowest BCUT2D eigenvalue weighted by atomic mass is 10.1. The summed E-state index contributed by atoms with van der Waals surface area (Å²) in [4.78, 5) is 20.7. The number of hydrogen-bond donors (Lipinski definition) is 2. The molecule has 2 aromatic heterocycles. The van der Waals surface area contributed by atoms with Crippen molar-refractivity contribution >= 4 is 17.4 Å². The molecule has 0 aliphatic carbocycles. The predicted octanol–water partition coefficient (Wildman–Crippen LogP) is 5.76. The number of aromatic nitrogens is 2. The van der Waals surface area contributed by atoms with E-state index >= 15 is 0 Å². The molecule has 0 bridgehead atoms. The summed E-state index contributed by atoms with van der Waals surface area (Å²) in [6.07, 6.45) is 5.33. The number of nitrogens with zero attached hydrogens (tertiary/aromatic N) is 2. The summed E-state index contributed by atoms with van der Waals surface area (Å²) < 4.78 is 0. The van der Waals surface area contributed by atoms with Crippen LogP contribution in [0.2, 0.25) is 0 Å². The molecule has 0 atom stereocenters. The fourth-order valence-electron chi connectivity index (χ4n) is 3.07. The number of carbonyl (C=O) groups is 1. The van der Waals surface area contributed by atoms with Crippen LogP contribution in [-0.2, 0) is 0 Å². The van der Waals surface area contributed by atoms with Gasteiger partial charge in [0.25, 0.3) is 0 Å². The van der Waals surface area contributed by atoms with Crippen LogP contribution in [0.15, 0.2) is 91.4 Å². The van der Waals surface area contributed by atoms with Crippen molar-refractivity contribution in [1.29, 1.82) is 0 Å². The number of pyridine rings is 2. The number of aryl methyl sites for hydroxylation is 1. The Morgan fingerprint density at radius 1 is 0.724 bits per heavy atom. The van der Waals surface area contributed by atoms with Crippen molar-refractivity contribution in [1.82, 2.24) is 9.97 Å². The molecule has 4 aromatic rings. The van der Waals surface area contributed by atoms with Crippen molar-refractivity contribution in [2.75, 3.05) is 10.6 Å². The van der Waals surface area contributed by atoms with Crippen molar-refractivity contribution in [3.8, 4) is 22.3 Å². The highest BCUT2D eigenvalue weighted by Crippen LogP contribution is 2.23. The third-order valence-corrected chi connectivity index (χ3v) is 4.49. The zero-order valence-electron chi connectivity index (χ0n) is 16.0. The molecule has 0 fully saturated rings. The molecule has 0 aliphatic heterocycles. The molecular formula is C24H20N4O. The van der Waals surface area contributed by atoms with E-state index < -0.39 is 0 Å². The van der Waals surface area contributed by atoms with Gasteiger partial charge in [-0.3, -0.25) is 9.97 Å². The summed E-state index contributed by atoms with van der Waals surface area (Å²) in [5.41, 5.74) is 6.57. The molecule has 0 radical (unpaired) electrons. The average molecular weight is 380 g/mol. The number of urea groups is 1. The Labute approximate surface area is 169 Å². The van der Waals surface area contributed by atoms with Crippen LogP contribution in [0, 0.1) is 6.92 Å². The van der Waals surface area contributed by atoms with E-state index in [1.54, 1.807) is 18.6 Å².